The molecule has 0 heterocycles. The van der Waals surface area contributed by atoms with Gasteiger partial charge in [-0.15, -0.1) is 0 Å². The fourth-order valence-electron chi connectivity index (χ4n) is 1.39. The zero-order valence-electron chi connectivity index (χ0n) is 9.61. The lowest BCUT2D eigenvalue weighted by Crippen LogP contribution is -2.25. The summed E-state index contributed by atoms with van der Waals surface area (Å²) < 4.78 is 0.723. The number of phenols is 1. The van der Waals surface area contributed by atoms with Crippen molar-refractivity contribution in [3.63, 3.8) is 0 Å². The first-order valence-electron chi connectivity index (χ1n) is 5.45. The van der Waals surface area contributed by atoms with Gasteiger partial charge in [0.1, 0.15) is 5.75 Å². The Morgan fingerprint density at radius 1 is 1.53 bits per heavy atom. The Balaban J connectivity index is 2.47. The first kappa shape index (κ1) is 14.0. The van der Waals surface area contributed by atoms with E-state index in [4.69, 9.17) is 5.11 Å². The second-order valence-corrected chi connectivity index (χ2v) is 4.82. The molecule has 0 bridgehead atoms. The topological polar surface area (TPSA) is 69.6 Å². The highest BCUT2D eigenvalue weighted by Gasteiger charge is 2.10. The first-order valence-corrected chi connectivity index (χ1v) is 6.25. The SMILES string of the molecule is CC(O)CCCNC(=O)c1ccc(Br)cc1O. The lowest BCUT2D eigenvalue weighted by molar-refractivity contribution is 0.0947. The highest BCUT2D eigenvalue weighted by atomic mass is 79.9. The number of aromatic hydroxyl groups is 1. The van der Waals surface area contributed by atoms with Gasteiger partial charge in [-0.25, -0.2) is 0 Å². The monoisotopic (exact) mass is 301 g/mol. The van der Waals surface area contributed by atoms with E-state index in [2.05, 4.69) is 21.2 Å². The fraction of sp³-hybridized carbons (Fsp3) is 0.417. The molecule has 4 nitrogen and oxygen atoms in total. The maximum atomic E-state index is 11.7. The number of phenolic OH excluding ortho intramolecular Hbond substituents is 1. The van der Waals surface area contributed by atoms with E-state index >= 15 is 0 Å². The van der Waals surface area contributed by atoms with Gasteiger partial charge in [-0.1, -0.05) is 15.9 Å². The Morgan fingerprint density at radius 3 is 2.82 bits per heavy atom. The van der Waals surface area contributed by atoms with E-state index in [0.29, 0.717) is 19.4 Å². The highest BCUT2D eigenvalue weighted by Crippen LogP contribution is 2.21. The van der Waals surface area contributed by atoms with Crippen molar-refractivity contribution in [1.29, 1.82) is 0 Å². The summed E-state index contributed by atoms with van der Waals surface area (Å²) >= 11 is 3.21. The molecule has 1 rings (SSSR count). The van der Waals surface area contributed by atoms with Crippen molar-refractivity contribution in [3.8, 4) is 5.75 Å². The summed E-state index contributed by atoms with van der Waals surface area (Å²) in [7, 11) is 0. The molecule has 5 heteroatoms. The van der Waals surface area contributed by atoms with Gasteiger partial charge in [-0.2, -0.15) is 0 Å². The van der Waals surface area contributed by atoms with Gasteiger partial charge in [-0.3, -0.25) is 4.79 Å². The van der Waals surface area contributed by atoms with E-state index in [9.17, 15) is 9.90 Å². The van der Waals surface area contributed by atoms with Crippen LogP contribution in [0.1, 0.15) is 30.1 Å². The summed E-state index contributed by atoms with van der Waals surface area (Å²) in [5.74, 6) is -0.354. The lowest BCUT2D eigenvalue weighted by atomic mass is 10.2. The second kappa shape index (κ2) is 6.61. The highest BCUT2D eigenvalue weighted by molar-refractivity contribution is 9.10. The molecule has 3 N–H and O–H groups in total. The maximum Gasteiger partial charge on any atom is 0.255 e. The summed E-state index contributed by atoms with van der Waals surface area (Å²) in [6.07, 6.45) is 1.00. The fourth-order valence-corrected chi connectivity index (χ4v) is 1.74. The predicted molar refractivity (Wildman–Crippen MR) is 69.1 cm³/mol. The molecule has 0 aliphatic carbocycles. The lowest BCUT2D eigenvalue weighted by Gasteiger charge is -2.08. The first-order chi connectivity index (χ1) is 8.00. The molecular weight excluding hydrogens is 286 g/mol. The molecule has 1 aromatic carbocycles. The van der Waals surface area contributed by atoms with E-state index in [0.717, 1.165) is 4.47 Å². The molecule has 1 unspecified atom stereocenters. The van der Waals surface area contributed by atoms with Crippen LogP contribution in [0.3, 0.4) is 0 Å². The van der Waals surface area contributed by atoms with Gasteiger partial charge in [-0.05, 0) is 38.0 Å². The number of carbonyl (C=O) groups excluding carboxylic acids is 1. The molecule has 0 spiro atoms. The number of nitrogens with one attached hydrogen (secondary N) is 1. The number of aliphatic hydroxyl groups is 1. The smallest absolute Gasteiger partial charge is 0.255 e. The molecular formula is C12H16BrNO3. The Morgan fingerprint density at radius 2 is 2.24 bits per heavy atom. The van der Waals surface area contributed by atoms with E-state index in [-0.39, 0.29) is 23.3 Å². The van der Waals surface area contributed by atoms with Crippen molar-refractivity contribution >= 4 is 21.8 Å². The molecule has 1 aromatic rings. The second-order valence-electron chi connectivity index (χ2n) is 3.91. The summed E-state index contributed by atoms with van der Waals surface area (Å²) in [6.45, 7) is 2.20. The third-order valence-electron chi connectivity index (χ3n) is 2.29. The third kappa shape index (κ3) is 4.75. The maximum absolute atomic E-state index is 11.7. The van der Waals surface area contributed by atoms with Crippen molar-refractivity contribution in [2.24, 2.45) is 0 Å². The van der Waals surface area contributed by atoms with Gasteiger partial charge in [0.25, 0.3) is 5.91 Å². The van der Waals surface area contributed by atoms with Gasteiger partial charge >= 0.3 is 0 Å². The predicted octanol–water partition coefficient (Wildman–Crippen LogP) is 2.05. The molecule has 17 heavy (non-hydrogen) atoms. The number of aliphatic hydroxyl groups excluding tert-OH is 1. The quantitative estimate of drug-likeness (QED) is 0.729. The minimum absolute atomic E-state index is 0.0487. The Hall–Kier alpha value is -1.07. The molecule has 0 saturated heterocycles. The Kier molecular flexibility index (Phi) is 5.44. The summed E-state index contributed by atoms with van der Waals surface area (Å²) in [6, 6.07) is 4.73. The number of carbonyl (C=O) groups is 1. The van der Waals surface area contributed by atoms with E-state index in [1.165, 1.54) is 6.07 Å². The number of halogens is 1. The van der Waals surface area contributed by atoms with Crippen LogP contribution in [0.2, 0.25) is 0 Å². The standard InChI is InChI=1S/C12H16BrNO3/c1-8(15)3-2-6-14-12(17)10-5-4-9(13)7-11(10)16/h4-5,7-8,15-16H,2-3,6H2,1H3,(H,14,17). The van der Waals surface area contributed by atoms with Gasteiger partial charge in [0, 0.05) is 11.0 Å². The van der Waals surface area contributed by atoms with Gasteiger partial charge in [0.05, 0.1) is 11.7 Å². The normalized spacial score (nSPS) is 12.2. The average Bonchev–Trinajstić information content (AvgIpc) is 2.23. The molecule has 0 fully saturated rings. The van der Waals surface area contributed by atoms with Crippen LogP contribution < -0.4 is 5.32 Å². The minimum Gasteiger partial charge on any atom is -0.507 e. The number of rotatable bonds is 5. The van der Waals surface area contributed by atoms with Crippen molar-refractivity contribution in [2.45, 2.75) is 25.9 Å². The van der Waals surface area contributed by atoms with E-state index in [1.807, 2.05) is 0 Å². The van der Waals surface area contributed by atoms with Crippen molar-refractivity contribution in [3.05, 3.63) is 28.2 Å². The zero-order chi connectivity index (χ0) is 12.8. The summed E-state index contributed by atoms with van der Waals surface area (Å²) in [4.78, 5) is 11.7. The largest absolute Gasteiger partial charge is 0.507 e. The zero-order valence-corrected chi connectivity index (χ0v) is 11.2. The van der Waals surface area contributed by atoms with Crippen LogP contribution >= 0.6 is 15.9 Å². The van der Waals surface area contributed by atoms with Crippen LogP contribution in [0, 0.1) is 0 Å². The van der Waals surface area contributed by atoms with E-state index < -0.39 is 0 Å². The summed E-state index contributed by atoms with van der Waals surface area (Å²) in [5.41, 5.74) is 0.255. The van der Waals surface area contributed by atoms with Crippen LogP contribution in [0.5, 0.6) is 5.75 Å². The number of hydrogen-bond donors (Lipinski definition) is 3. The molecule has 1 amide bonds. The van der Waals surface area contributed by atoms with Crippen molar-refractivity contribution in [2.75, 3.05) is 6.54 Å². The van der Waals surface area contributed by atoms with Crippen molar-refractivity contribution in [1.82, 2.24) is 5.32 Å². The molecule has 0 aromatic heterocycles. The van der Waals surface area contributed by atoms with Gasteiger partial charge < -0.3 is 15.5 Å². The van der Waals surface area contributed by atoms with Crippen LogP contribution in [0.25, 0.3) is 0 Å². The molecule has 0 aliphatic rings. The number of amides is 1. The molecule has 0 aliphatic heterocycles. The van der Waals surface area contributed by atoms with Crippen molar-refractivity contribution < 1.29 is 15.0 Å². The van der Waals surface area contributed by atoms with Gasteiger partial charge in [0.15, 0.2) is 0 Å². The molecule has 0 radical (unpaired) electrons. The average molecular weight is 302 g/mol. The Labute approximate surface area is 109 Å². The molecule has 0 saturated carbocycles. The van der Waals surface area contributed by atoms with Gasteiger partial charge in [0.2, 0.25) is 0 Å². The minimum atomic E-state index is -0.354. The number of benzene rings is 1. The Bertz CT molecular complexity index is 393. The molecule has 94 valence electrons. The van der Waals surface area contributed by atoms with Crippen LogP contribution in [-0.2, 0) is 0 Å². The van der Waals surface area contributed by atoms with E-state index in [1.54, 1.807) is 19.1 Å². The molecule has 1 atom stereocenters. The number of hydrogen-bond acceptors (Lipinski definition) is 3. The third-order valence-corrected chi connectivity index (χ3v) is 2.78. The van der Waals surface area contributed by atoms with Crippen LogP contribution in [0.15, 0.2) is 22.7 Å². The van der Waals surface area contributed by atoms with Crippen LogP contribution in [0.4, 0.5) is 0 Å². The van der Waals surface area contributed by atoms with Crippen LogP contribution in [-0.4, -0.2) is 28.8 Å². The summed E-state index contributed by atoms with van der Waals surface area (Å²) in [5, 5.41) is 21.3.